The van der Waals surface area contributed by atoms with Crippen LogP contribution in [0.1, 0.15) is 36.6 Å². The number of aryl methyl sites for hydroxylation is 1. The van der Waals surface area contributed by atoms with Crippen molar-refractivity contribution < 1.29 is 9.13 Å². The smallest absolute Gasteiger partial charge is 0.186 e. The van der Waals surface area contributed by atoms with E-state index >= 15 is 0 Å². The van der Waals surface area contributed by atoms with Crippen LogP contribution in [0.25, 0.3) is 11.0 Å². The van der Waals surface area contributed by atoms with Gasteiger partial charge in [-0.25, -0.2) is 9.37 Å². The molecule has 2 N–H and O–H groups in total. The van der Waals surface area contributed by atoms with Crippen LogP contribution in [0, 0.1) is 11.2 Å². The lowest BCUT2D eigenvalue weighted by Gasteiger charge is -2.19. The van der Waals surface area contributed by atoms with E-state index in [0.717, 1.165) is 54.9 Å². The van der Waals surface area contributed by atoms with Crippen LogP contribution in [-0.4, -0.2) is 35.9 Å². The van der Waals surface area contributed by atoms with E-state index in [1.165, 1.54) is 6.07 Å². The number of imidazole rings is 1. The SMILES string of the molecule is CNc1ccc2c(c1)nc(C1CC13CCN=C/C=C\C=C(\OCc1ccccc1F)NCC3)n2C. The highest BCUT2D eigenvalue weighted by atomic mass is 19.1. The topological polar surface area (TPSA) is 63.5 Å². The van der Waals surface area contributed by atoms with Gasteiger partial charge in [-0.15, -0.1) is 0 Å². The van der Waals surface area contributed by atoms with E-state index in [-0.39, 0.29) is 17.8 Å². The molecule has 1 aromatic heterocycles. The maximum absolute atomic E-state index is 14.0. The minimum absolute atomic E-state index is 0.158. The summed E-state index contributed by atoms with van der Waals surface area (Å²) >= 11 is 0. The highest BCUT2D eigenvalue weighted by Crippen LogP contribution is 2.63. The van der Waals surface area contributed by atoms with Gasteiger partial charge in [0.1, 0.15) is 18.2 Å². The third kappa shape index (κ3) is 4.94. The average molecular weight is 474 g/mol. The summed E-state index contributed by atoms with van der Waals surface area (Å²) in [7, 11) is 4.04. The minimum atomic E-state index is -0.256. The molecule has 2 heterocycles. The highest BCUT2D eigenvalue weighted by molar-refractivity contribution is 5.80. The molecular weight excluding hydrogens is 441 g/mol. The van der Waals surface area contributed by atoms with Crippen molar-refractivity contribution >= 4 is 22.9 Å². The Kier molecular flexibility index (Phi) is 6.57. The van der Waals surface area contributed by atoms with E-state index in [4.69, 9.17) is 9.72 Å². The molecule has 0 amide bonds. The van der Waals surface area contributed by atoms with Crippen LogP contribution in [-0.2, 0) is 18.4 Å². The molecule has 2 atom stereocenters. The van der Waals surface area contributed by atoms with Gasteiger partial charge in [0.15, 0.2) is 5.88 Å². The predicted octanol–water partition coefficient (Wildman–Crippen LogP) is 5.30. The first-order chi connectivity index (χ1) is 17.1. The Hall–Kier alpha value is -3.61. The van der Waals surface area contributed by atoms with Gasteiger partial charge in [-0.1, -0.05) is 24.3 Å². The van der Waals surface area contributed by atoms with E-state index in [9.17, 15) is 4.39 Å². The number of anilines is 1. The standard InChI is InChI=1S/C28H32FN5O/c1-30-21-10-11-25-24(17-21)33-27(34(25)2)22-18-28(22)12-15-31-14-6-5-9-26(32-16-13-28)35-19-20-7-3-4-8-23(20)29/h3-11,14,17,22,30,32H,12-13,15-16,18-19H2,1-2H3/b6-5-,26-9+,31-14?. The summed E-state index contributed by atoms with van der Waals surface area (Å²) < 4.78 is 22.2. The lowest BCUT2D eigenvalue weighted by molar-refractivity contribution is 0.172. The number of rotatable bonds is 5. The molecule has 0 saturated heterocycles. The molecule has 2 aromatic carbocycles. The number of halogens is 1. The van der Waals surface area contributed by atoms with E-state index in [2.05, 4.69) is 45.4 Å². The van der Waals surface area contributed by atoms with E-state index in [1.807, 2.05) is 37.6 Å². The number of fused-ring (bicyclic) bond motifs is 1. The number of hydrogen-bond donors (Lipinski definition) is 2. The third-order valence-electron chi connectivity index (χ3n) is 7.26. The number of nitrogens with zero attached hydrogens (tertiary/aromatic N) is 3. The van der Waals surface area contributed by atoms with Crippen LogP contribution < -0.4 is 10.6 Å². The Labute approximate surface area is 205 Å². The van der Waals surface area contributed by atoms with Crippen LogP contribution in [0.3, 0.4) is 0 Å². The molecule has 1 saturated carbocycles. The molecule has 0 bridgehead atoms. The maximum atomic E-state index is 14.0. The molecule has 1 fully saturated rings. The molecule has 5 rings (SSSR count). The van der Waals surface area contributed by atoms with Crippen molar-refractivity contribution in [1.29, 1.82) is 0 Å². The first-order valence-electron chi connectivity index (χ1n) is 12.2. The molecular formula is C28H32FN5O. The van der Waals surface area contributed by atoms with Gasteiger partial charge < -0.3 is 19.9 Å². The second kappa shape index (κ2) is 9.94. The number of benzene rings is 2. The van der Waals surface area contributed by atoms with Gasteiger partial charge in [0.25, 0.3) is 0 Å². The largest absolute Gasteiger partial charge is 0.474 e. The molecule has 1 aliphatic heterocycles. The van der Waals surface area contributed by atoms with Crippen molar-refractivity contribution in [3.8, 4) is 0 Å². The monoisotopic (exact) mass is 473 g/mol. The fourth-order valence-electron chi connectivity index (χ4n) is 5.05. The Morgan fingerprint density at radius 3 is 2.94 bits per heavy atom. The number of aliphatic imine (C=N–C) groups is 1. The molecule has 3 aromatic rings. The van der Waals surface area contributed by atoms with E-state index < -0.39 is 0 Å². The van der Waals surface area contributed by atoms with Crippen molar-refractivity contribution in [2.24, 2.45) is 17.5 Å². The van der Waals surface area contributed by atoms with Crippen LogP contribution in [0.5, 0.6) is 0 Å². The number of nitrogens with one attached hydrogen (secondary N) is 2. The first kappa shape index (κ1) is 23.1. The fraction of sp³-hybridized carbons (Fsp3) is 0.357. The van der Waals surface area contributed by atoms with Gasteiger partial charge in [-0.2, -0.15) is 0 Å². The van der Waals surface area contributed by atoms with Gasteiger partial charge in [-0.05, 0) is 61.1 Å². The fourth-order valence-corrected chi connectivity index (χ4v) is 5.05. The first-order valence-corrected chi connectivity index (χ1v) is 12.2. The van der Waals surface area contributed by atoms with Crippen molar-refractivity contribution in [3.63, 3.8) is 0 Å². The van der Waals surface area contributed by atoms with Crippen molar-refractivity contribution in [2.45, 2.75) is 31.8 Å². The molecule has 0 radical (unpaired) electrons. The van der Waals surface area contributed by atoms with Gasteiger partial charge in [-0.3, -0.25) is 4.99 Å². The van der Waals surface area contributed by atoms with Crippen LogP contribution in [0.15, 0.2) is 71.6 Å². The molecule has 2 aliphatic rings. The zero-order valence-corrected chi connectivity index (χ0v) is 20.3. The molecule has 7 heteroatoms. The molecule has 1 aliphatic carbocycles. The van der Waals surface area contributed by atoms with Gasteiger partial charge in [0, 0.05) is 50.6 Å². The predicted molar refractivity (Wildman–Crippen MR) is 139 cm³/mol. The summed E-state index contributed by atoms with van der Waals surface area (Å²) in [5.41, 5.74) is 3.94. The number of aromatic nitrogens is 2. The van der Waals surface area contributed by atoms with Gasteiger partial charge in [0.05, 0.1) is 11.0 Å². The summed E-state index contributed by atoms with van der Waals surface area (Å²) in [4.78, 5) is 9.63. The highest BCUT2D eigenvalue weighted by Gasteiger charge is 2.55. The minimum Gasteiger partial charge on any atom is -0.474 e. The zero-order chi connectivity index (χ0) is 24.3. The molecule has 6 nitrogen and oxygen atoms in total. The summed E-state index contributed by atoms with van der Waals surface area (Å²) in [5, 5.41) is 6.64. The molecule has 2 unspecified atom stereocenters. The second-order valence-electron chi connectivity index (χ2n) is 9.38. The average Bonchev–Trinajstić information content (AvgIpc) is 3.47. The lowest BCUT2D eigenvalue weighted by Crippen LogP contribution is -2.22. The Morgan fingerprint density at radius 2 is 2.09 bits per heavy atom. The van der Waals surface area contributed by atoms with Crippen LogP contribution >= 0.6 is 0 Å². The number of ether oxygens (including phenoxy) is 1. The van der Waals surface area contributed by atoms with E-state index in [0.29, 0.717) is 17.4 Å². The molecule has 35 heavy (non-hydrogen) atoms. The van der Waals surface area contributed by atoms with Crippen LogP contribution in [0.4, 0.5) is 10.1 Å². The maximum Gasteiger partial charge on any atom is 0.186 e. The Bertz CT molecular complexity index is 1290. The molecule has 182 valence electrons. The van der Waals surface area contributed by atoms with Crippen molar-refractivity contribution in [2.75, 3.05) is 25.5 Å². The number of hydrogen-bond acceptors (Lipinski definition) is 5. The lowest BCUT2D eigenvalue weighted by atomic mass is 9.94. The quantitative estimate of drug-likeness (QED) is 0.528. The Balaban J connectivity index is 1.31. The summed E-state index contributed by atoms with van der Waals surface area (Å²) in [6, 6.07) is 13.0. The number of allylic oxidation sites excluding steroid dienone is 3. The van der Waals surface area contributed by atoms with Crippen molar-refractivity contribution in [1.82, 2.24) is 14.9 Å². The molecule has 1 spiro atoms. The normalized spacial score (nSPS) is 24.7. The summed E-state index contributed by atoms with van der Waals surface area (Å²) in [6.07, 6.45) is 10.6. The van der Waals surface area contributed by atoms with Gasteiger partial charge >= 0.3 is 0 Å². The second-order valence-corrected chi connectivity index (χ2v) is 9.38. The summed E-state index contributed by atoms with van der Waals surface area (Å²) in [5.74, 6) is 1.93. The van der Waals surface area contributed by atoms with Gasteiger partial charge in [0.2, 0.25) is 0 Å². The zero-order valence-electron chi connectivity index (χ0n) is 20.3. The van der Waals surface area contributed by atoms with Crippen LogP contribution in [0.2, 0.25) is 0 Å². The third-order valence-corrected chi connectivity index (χ3v) is 7.26. The van der Waals surface area contributed by atoms with E-state index in [1.54, 1.807) is 12.1 Å². The summed E-state index contributed by atoms with van der Waals surface area (Å²) in [6.45, 7) is 1.75. The Morgan fingerprint density at radius 1 is 1.20 bits per heavy atom. The van der Waals surface area contributed by atoms with Crippen molar-refractivity contribution in [3.05, 3.63) is 83.8 Å².